The normalized spacial score (nSPS) is 11.2. The van der Waals surface area contributed by atoms with E-state index in [1.165, 1.54) is 0 Å². The van der Waals surface area contributed by atoms with Crippen molar-refractivity contribution < 1.29 is 9.84 Å². The van der Waals surface area contributed by atoms with E-state index in [2.05, 4.69) is 4.98 Å². The lowest BCUT2D eigenvalue weighted by Crippen LogP contribution is -1.90. The maximum Gasteiger partial charge on any atom is 0.145 e. The van der Waals surface area contributed by atoms with Gasteiger partial charge in [-0.15, -0.1) is 0 Å². The van der Waals surface area contributed by atoms with Crippen LogP contribution in [0.1, 0.15) is 5.69 Å². The van der Waals surface area contributed by atoms with E-state index in [1.54, 1.807) is 31.4 Å². The summed E-state index contributed by atoms with van der Waals surface area (Å²) in [7, 11) is 1.60. The Bertz CT molecular complexity index is 567. The maximum absolute atomic E-state index is 8.73. The van der Waals surface area contributed by atoms with Crippen LogP contribution in [0.5, 0.6) is 5.75 Å². The van der Waals surface area contributed by atoms with Gasteiger partial charge in [0.2, 0.25) is 0 Å². The minimum Gasteiger partial charge on any atom is -0.494 e. The first kappa shape index (κ1) is 11.9. The van der Waals surface area contributed by atoms with Crippen molar-refractivity contribution in [3.63, 3.8) is 0 Å². The minimum atomic E-state index is -0.00754. The Morgan fingerprint density at radius 1 is 1.35 bits per heavy atom. The summed E-state index contributed by atoms with van der Waals surface area (Å²) in [5.74, 6) is 0.684. The Hall–Kier alpha value is -1.58. The van der Waals surface area contributed by atoms with Gasteiger partial charge in [-0.2, -0.15) is 0 Å². The molecule has 0 atom stereocenters. The van der Waals surface area contributed by atoms with Gasteiger partial charge < -0.3 is 9.84 Å². The van der Waals surface area contributed by atoms with Crippen molar-refractivity contribution in [1.29, 1.82) is 0 Å². The molecule has 17 heavy (non-hydrogen) atoms. The van der Waals surface area contributed by atoms with E-state index >= 15 is 0 Å². The molecule has 2 rings (SSSR count). The second kappa shape index (κ2) is 5.17. The van der Waals surface area contributed by atoms with Crippen molar-refractivity contribution in [2.75, 3.05) is 13.7 Å². The molecule has 0 saturated carbocycles. The van der Waals surface area contributed by atoms with E-state index in [0.717, 1.165) is 16.6 Å². The van der Waals surface area contributed by atoms with E-state index in [1.807, 2.05) is 12.1 Å². The van der Waals surface area contributed by atoms with Gasteiger partial charge in [0.15, 0.2) is 0 Å². The minimum absolute atomic E-state index is 0.00754. The van der Waals surface area contributed by atoms with E-state index in [4.69, 9.17) is 21.4 Å². The molecule has 0 fully saturated rings. The molecule has 88 valence electrons. The van der Waals surface area contributed by atoms with Gasteiger partial charge in [0.25, 0.3) is 0 Å². The standard InChI is InChI=1S/C13H12ClNO2/c1-17-12-7-6-11(14)10-5-4-9(3-2-8-16)15-13(10)12/h2-7,16H,8H2,1H3. The van der Waals surface area contributed by atoms with Crippen LogP contribution in [-0.2, 0) is 0 Å². The van der Waals surface area contributed by atoms with Crippen LogP contribution in [0.4, 0.5) is 0 Å². The number of aliphatic hydroxyl groups excluding tert-OH is 1. The number of pyridine rings is 1. The van der Waals surface area contributed by atoms with Gasteiger partial charge in [0, 0.05) is 5.39 Å². The highest BCUT2D eigenvalue weighted by Gasteiger charge is 2.06. The van der Waals surface area contributed by atoms with E-state index in [-0.39, 0.29) is 6.61 Å². The summed E-state index contributed by atoms with van der Waals surface area (Å²) in [6.45, 7) is -0.00754. The van der Waals surface area contributed by atoms with Crippen molar-refractivity contribution >= 4 is 28.6 Å². The van der Waals surface area contributed by atoms with Gasteiger partial charge in [-0.1, -0.05) is 17.7 Å². The number of benzene rings is 1. The predicted octanol–water partition coefficient (Wildman–Crippen LogP) is 2.90. The summed E-state index contributed by atoms with van der Waals surface area (Å²) < 4.78 is 5.25. The molecule has 1 heterocycles. The first-order valence-corrected chi connectivity index (χ1v) is 5.54. The molecule has 0 saturated heterocycles. The van der Waals surface area contributed by atoms with Gasteiger partial charge in [-0.25, -0.2) is 4.98 Å². The van der Waals surface area contributed by atoms with E-state index in [9.17, 15) is 0 Å². The lowest BCUT2D eigenvalue weighted by atomic mass is 10.2. The van der Waals surface area contributed by atoms with Crippen LogP contribution in [-0.4, -0.2) is 23.8 Å². The molecule has 1 aromatic heterocycles. The Balaban J connectivity index is 2.62. The molecule has 2 aromatic rings. The Kier molecular flexibility index (Phi) is 3.61. The lowest BCUT2D eigenvalue weighted by molar-refractivity contribution is 0.343. The van der Waals surface area contributed by atoms with Crippen molar-refractivity contribution in [3.05, 3.63) is 41.1 Å². The van der Waals surface area contributed by atoms with Gasteiger partial charge in [0.05, 0.1) is 24.4 Å². The van der Waals surface area contributed by atoms with Crippen LogP contribution in [0.2, 0.25) is 5.02 Å². The molecule has 3 nitrogen and oxygen atoms in total. The Morgan fingerprint density at radius 3 is 2.88 bits per heavy atom. The largest absolute Gasteiger partial charge is 0.494 e. The van der Waals surface area contributed by atoms with Crippen LogP contribution in [0.3, 0.4) is 0 Å². The first-order valence-electron chi connectivity index (χ1n) is 5.17. The van der Waals surface area contributed by atoms with E-state index in [0.29, 0.717) is 10.8 Å². The summed E-state index contributed by atoms with van der Waals surface area (Å²) in [5, 5.41) is 10.2. The van der Waals surface area contributed by atoms with Crippen LogP contribution in [0.25, 0.3) is 17.0 Å². The number of halogens is 1. The van der Waals surface area contributed by atoms with Crippen molar-refractivity contribution in [3.8, 4) is 5.75 Å². The topological polar surface area (TPSA) is 42.4 Å². The summed E-state index contributed by atoms with van der Waals surface area (Å²) in [5.41, 5.74) is 1.48. The van der Waals surface area contributed by atoms with Crippen molar-refractivity contribution in [2.45, 2.75) is 0 Å². The van der Waals surface area contributed by atoms with Gasteiger partial charge in [-0.3, -0.25) is 0 Å². The highest BCUT2D eigenvalue weighted by molar-refractivity contribution is 6.35. The molecule has 0 amide bonds. The fraction of sp³-hybridized carbons (Fsp3) is 0.154. The fourth-order valence-corrected chi connectivity index (χ4v) is 1.82. The molecule has 0 radical (unpaired) electrons. The van der Waals surface area contributed by atoms with Crippen LogP contribution < -0.4 is 4.74 Å². The molecule has 0 aliphatic rings. The zero-order valence-electron chi connectivity index (χ0n) is 9.35. The lowest BCUT2D eigenvalue weighted by Gasteiger charge is -2.06. The van der Waals surface area contributed by atoms with E-state index < -0.39 is 0 Å². The number of hydrogen-bond donors (Lipinski definition) is 1. The fourth-order valence-electron chi connectivity index (χ4n) is 1.60. The van der Waals surface area contributed by atoms with Crippen molar-refractivity contribution in [2.24, 2.45) is 0 Å². The second-order valence-electron chi connectivity index (χ2n) is 3.47. The highest BCUT2D eigenvalue weighted by Crippen LogP contribution is 2.30. The average molecular weight is 250 g/mol. The molecular formula is C13H12ClNO2. The molecular weight excluding hydrogens is 238 g/mol. The third-order valence-electron chi connectivity index (χ3n) is 2.40. The third-order valence-corrected chi connectivity index (χ3v) is 2.73. The molecule has 1 N–H and O–H groups in total. The van der Waals surface area contributed by atoms with Crippen LogP contribution in [0, 0.1) is 0 Å². The van der Waals surface area contributed by atoms with Crippen LogP contribution in [0.15, 0.2) is 30.3 Å². The molecule has 0 aliphatic heterocycles. The Morgan fingerprint density at radius 2 is 2.18 bits per heavy atom. The number of aromatic nitrogens is 1. The molecule has 0 aliphatic carbocycles. The number of nitrogens with zero attached hydrogens (tertiary/aromatic N) is 1. The third kappa shape index (κ3) is 2.40. The number of fused-ring (bicyclic) bond motifs is 1. The number of ether oxygens (including phenoxy) is 1. The quantitative estimate of drug-likeness (QED) is 0.910. The van der Waals surface area contributed by atoms with Crippen LogP contribution >= 0.6 is 11.6 Å². The zero-order valence-corrected chi connectivity index (χ0v) is 10.1. The number of aliphatic hydroxyl groups is 1. The molecule has 0 spiro atoms. The zero-order chi connectivity index (χ0) is 12.3. The number of hydrogen-bond acceptors (Lipinski definition) is 3. The smallest absolute Gasteiger partial charge is 0.145 e. The number of methoxy groups -OCH3 is 1. The van der Waals surface area contributed by atoms with Gasteiger partial charge in [0.1, 0.15) is 11.3 Å². The molecule has 4 heteroatoms. The Labute approximate surface area is 104 Å². The summed E-state index contributed by atoms with van der Waals surface area (Å²) in [4.78, 5) is 4.44. The maximum atomic E-state index is 8.73. The first-order chi connectivity index (χ1) is 8.26. The average Bonchev–Trinajstić information content (AvgIpc) is 2.37. The molecule has 1 aromatic carbocycles. The summed E-state index contributed by atoms with van der Waals surface area (Å²) in [6, 6.07) is 7.31. The molecule has 0 unspecified atom stereocenters. The number of rotatable bonds is 3. The summed E-state index contributed by atoms with van der Waals surface area (Å²) in [6.07, 6.45) is 3.38. The predicted molar refractivity (Wildman–Crippen MR) is 69.4 cm³/mol. The SMILES string of the molecule is COc1ccc(Cl)c2ccc(C=CCO)nc12. The molecule has 0 bridgehead atoms. The monoisotopic (exact) mass is 249 g/mol. The summed E-state index contributed by atoms with van der Waals surface area (Å²) >= 11 is 6.09. The highest BCUT2D eigenvalue weighted by atomic mass is 35.5. The van der Waals surface area contributed by atoms with Gasteiger partial charge in [-0.05, 0) is 30.3 Å². The van der Waals surface area contributed by atoms with Crippen molar-refractivity contribution in [1.82, 2.24) is 4.98 Å². The second-order valence-corrected chi connectivity index (χ2v) is 3.87. The van der Waals surface area contributed by atoms with Gasteiger partial charge >= 0.3 is 0 Å².